The average molecular weight is 364 g/mol. The number of carbonyl (C=O) groups is 1. The second-order valence-electron chi connectivity index (χ2n) is 6.74. The molecular formula is C20H20N4O3. The fourth-order valence-corrected chi connectivity index (χ4v) is 3.34. The molecule has 27 heavy (non-hydrogen) atoms. The first-order valence-corrected chi connectivity index (χ1v) is 8.85. The Morgan fingerprint density at radius 2 is 1.70 bits per heavy atom. The van der Waals surface area contributed by atoms with E-state index in [-0.39, 0.29) is 11.1 Å². The van der Waals surface area contributed by atoms with Crippen molar-refractivity contribution in [1.29, 1.82) is 0 Å². The molecule has 1 aromatic heterocycles. The minimum Gasteiger partial charge on any atom is -0.478 e. The molecule has 0 aliphatic carbocycles. The number of aryl methyl sites for hydroxylation is 1. The highest BCUT2D eigenvalue weighted by molar-refractivity contribution is 5.93. The van der Waals surface area contributed by atoms with Crippen LogP contribution in [0.5, 0.6) is 0 Å². The van der Waals surface area contributed by atoms with Gasteiger partial charge in [0.05, 0.1) is 16.5 Å². The molecule has 0 atom stereocenters. The van der Waals surface area contributed by atoms with Gasteiger partial charge in [-0.1, -0.05) is 17.7 Å². The first-order chi connectivity index (χ1) is 13.0. The SMILES string of the molecule is Cc1ccc(N2CCN(c3nc4cc(C(=O)O)ccc4c(=O)[nH]3)CC2)cc1. The molecule has 0 bridgehead atoms. The number of aromatic amines is 1. The molecular weight excluding hydrogens is 344 g/mol. The Bertz CT molecular complexity index is 1050. The van der Waals surface area contributed by atoms with Crippen LogP contribution in [0.15, 0.2) is 47.3 Å². The molecule has 1 saturated heterocycles. The molecule has 2 aromatic carbocycles. The molecule has 7 nitrogen and oxygen atoms in total. The minimum absolute atomic E-state index is 0.121. The van der Waals surface area contributed by atoms with E-state index in [1.54, 1.807) is 0 Å². The summed E-state index contributed by atoms with van der Waals surface area (Å²) in [6.45, 7) is 5.15. The van der Waals surface area contributed by atoms with E-state index in [1.807, 2.05) is 4.90 Å². The molecule has 0 spiro atoms. The minimum atomic E-state index is -1.03. The summed E-state index contributed by atoms with van der Waals surface area (Å²) in [6.07, 6.45) is 0. The van der Waals surface area contributed by atoms with Crippen LogP contribution in [0.1, 0.15) is 15.9 Å². The molecule has 4 rings (SSSR count). The van der Waals surface area contributed by atoms with Gasteiger partial charge in [0.2, 0.25) is 5.95 Å². The van der Waals surface area contributed by atoms with E-state index in [9.17, 15) is 9.59 Å². The van der Waals surface area contributed by atoms with Gasteiger partial charge in [0.25, 0.3) is 5.56 Å². The Kier molecular flexibility index (Phi) is 4.27. The molecule has 2 heterocycles. The van der Waals surface area contributed by atoms with Crippen molar-refractivity contribution in [3.63, 3.8) is 0 Å². The van der Waals surface area contributed by atoms with E-state index in [0.29, 0.717) is 16.9 Å². The zero-order valence-electron chi connectivity index (χ0n) is 15.0. The first-order valence-electron chi connectivity index (χ1n) is 8.85. The number of H-pyrrole nitrogens is 1. The van der Waals surface area contributed by atoms with Crippen molar-refractivity contribution >= 4 is 28.5 Å². The summed E-state index contributed by atoms with van der Waals surface area (Å²) in [5.74, 6) is -0.550. The van der Waals surface area contributed by atoms with E-state index < -0.39 is 5.97 Å². The molecule has 0 unspecified atom stereocenters. The number of aromatic carboxylic acids is 1. The number of aromatic nitrogens is 2. The monoisotopic (exact) mass is 364 g/mol. The summed E-state index contributed by atoms with van der Waals surface area (Å²) in [5.41, 5.74) is 2.68. The molecule has 1 aliphatic heterocycles. The maximum absolute atomic E-state index is 12.4. The summed E-state index contributed by atoms with van der Waals surface area (Å²) in [6, 6.07) is 12.8. The van der Waals surface area contributed by atoms with Crippen molar-refractivity contribution in [2.45, 2.75) is 6.92 Å². The van der Waals surface area contributed by atoms with Crippen molar-refractivity contribution in [3.8, 4) is 0 Å². The Balaban J connectivity index is 1.57. The van der Waals surface area contributed by atoms with E-state index in [4.69, 9.17) is 5.11 Å². The number of fused-ring (bicyclic) bond motifs is 1. The second kappa shape index (κ2) is 6.75. The molecule has 0 radical (unpaired) electrons. The Labute approximate surface area is 155 Å². The highest BCUT2D eigenvalue weighted by Crippen LogP contribution is 2.20. The fourth-order valence-electron chi connectivity index (χ4n) is 3.34. The number of piperazine rings is 1. The van der Waals surface area contributed by atoms with Crippen LogP contribution < -0.4 is 15.4 Å². The van der Waals surface area contributed by atoms with Gasteiger partial charge in [-0.25, -0.2) is 9.78 Å². The van der Waals surface area contributed by atoms with Crippen LogP contribution in [0.2, 0.25) is 0 Å². The van der Waals surface area contributed by atoms with Crippen LogP contribution in [0, 0.1) is 6.92 Å². The Morgan fingerprint density at radius 1 is 1.04 bits per heavy atom. The molecule has 138 valence electrons. The quantitative estimate of drug-likeness (QED) is 0.741. The van der Waals surface area contributed by atoms with E-state index in [1.165, 1.54) is 29.4 Å². The lowest BCUT2D eigenvalue weighted by Gasteiger charge is -2.36. The lowest BCUT2D eigenvalue weighted by molar-refractivity contribution is 0.0697. The number of nitrogens with zero attached hydrogens (tertiary/aromatic N) is 3. The van der Waals surface area contributed by atoms with E-state index >= 15 is 0 Å². The van der Waals surface area contributed by atoms with Gasteiger partial charge < -0.3 is 14.9 Å². The molecule has 0 amide bonds. The maximum atomic E-state index is 12.4. The number of nitrogens with one attached hydrogen (secondary N) is 1. The van der Waals surface area contributed by atoms with E-state index in [2.05, 4.69) is 46.1 Å². The Hall–Kier alpha value is -3.35. The van der Waals surface area contributed by atoms with Gasteiger partial charge in [-0.15, -0.1) is 0 Å². The van der Waals surface area contributed by atoms with Crippen molar-refractivity contribution in [3.05, 3.63) is 63.9 Å². The fraction of sp³-hybridized carbons (Fsp3) is 0.250. The molecule has 2 N–H and O–H groups in total. The van der Waals surface area contributed by atoms with Crippen LogP contribution in [0.25, 0.3) is 10.9 Å². The number of hydrogen-bond acceptors (Lipinski definition) is 5. The van der Waals surface area contributed by atoms with Gasteiger partial charge in [-0.05, 0) is 37.3 Å². The van der Waals surface area contributed by atoms with Crippen LogP contribution in [0.3, 0.4) is 0 Å². The number of carboxylic acid groups (broad SMARTS) is 1. The standard InChI is InChI=1S/C20H20N4O3/c1-13-2-5-15(6-3-13)23-8-10-24(11-9-23)20-21-17-12-14(19(26)27)4-7-16(17)18(25)22-20/h2-7,12H,8-11H2,1H3,(H,26,27)(H,21,22,25). The average Bonchev–Trinajstić information content (AvgIpc) is 2.68. The molecule has 0 saturated carbocycles. The predicted octanol–water partition coefficient (Wildman–Crippen LogP) is 2.26. The number of hydrogen-bond donors (Lipinski definition) is 2. The van der Waals surface area contributed by atoms with Gasteiger partial charge in [-0.3, -0.25) is 9.78 Å². The van der Waals surface area contributed by atoms with Crippen molar-refractivity contribution in [1.82, 2.24) is 9.97 Å². The van der Waals surface area contributed by atoms with Crippen LogP contribution in [-0.4, -0.2) is 47.2 Å². The summed E-state index contributed by atoms with van der Waals surface area (Å²) < 4.78 is 0. The lowest BCUT2D eigenvalue weighted by atomic mass is 10.1. The summed E-state index contributed by atoms with van der Waals surface area (Å²) >= 11 is 0. The highest BCUT2D eigenvalue weighted by atomic mass is 16.4. The number of carboxylic acids is 1. The normalized spacial score (nSPS) is 14.6. The number of rotatable bonds is 3. The molecule has 1 aliphatic rings. The largest absolute Gasteiger partial charge is 0.478 e. The smallest absolute Gasteiger partial charge is 0.335 e. The third kappa shape index (κ3) is 3.36. The summed E-state index contributed by atoms with van der Waals surface area (Å²) in [7, 11) is 0. The van der Waals surface area contributed by atoms with Crippen molar-refractivity contribution < 1.29 is 9.90 Å². The molecule has 3 aromatic rings. The van der Waals surface area contributed by atoms with Gasteiger partial charge >= 0.3 is 5.97 Å². The zero-order chi connectivity index (χ0) is 19.0. The van der Waals surface area contributed by atoms with Gasteiger partial charge in [0, 0.05) is 31.9 Å². The van der Waals surface area contributed by atoms with Crippen molar-refractivity contribution in [2.24, 2.45) is 0 Å². The third-order valence-electron chi connectivity index (χ3n) is 4.92. The molecule has 1 fully saturated rings. The lowest BCUT2D eigenvalue weighted by Crippen LogP contribution is -2.47. The van der Waals surface area contributed by atoms with Crippen LogP contribution in [0.4, 0.5) is 11.6 Å². The maximum Gasteiger partial charge on any atom is 0.335 e. The van der Waals surface area contributed by atoms with Crippen molar-refractivity contribution in [2.75, 3.05) is 36.0 Å². The topological polar surface area (TPSA) is 89.5 Å². The van der Waals surface area contributed by atoms with Gasteiger partial charge in [0.1, 0.15) is 0 Å². The third-order valence-corrected chi connectivity index (χ3v) is 4.92. The first kappa shape index (κ1) is 17.1. The highest BCUT2D eigenvalue weighted by Gasteiger charge is 2.20. The summed E-state index contributed by atoms with van der Waals surface area (Å²) in [4.78, 5) is 35.2. The van der Waals surface area contributed by atoms with E-state index in [0.717, 1.165) is 26.2 Å². The second-order valence-corrected chi connectivity index (χ2v) is 6.74. The van der Waals surface area contributed by atoms with Crippen LogP contribution >= 0.6 is 0 Å². The zero-order valence-corrected chi connectivity index (χ0v) is 15.0. The Morgan fingerprint density at radius 3 is 2.37 bits per heavy atom. The summed E-state index contributed by atoms with van der Waals surface area (Å²) in [5, 5.41) is 9.55. The molecule has 7 heteroatoms. The number of benzene rings is 2. The van der Waals surface area contributed by atoms with Gasteiger partial charge in [0.15, 0.2) is 0 Å². The van der Waals surface area contributed by atoms with Crippen LogP contribution in [-0.2, 0) is 0 Å². The number of anilines is 2. The van der Waals surface area contributed by atoms with Gasteiger partial charge in [-0.2, -0.15) is 0 Å². The predicted molar refractivity (Wildman–Crippen MR) is 105 cm³/mol.